The van der Waals surface area contributed by atoms with Crippen molar-refractivity contribution in [2.45, 2.75) is 57.4 Å². The number of hydrogen-bond acceptors (Lipinski definition) is 7. The van der Waals surface area contributed by atoms with Gasteiger partial charge in [-0.2, -0.15) is 26.3 Å². The van der Waals surface area contributed by atoms with Crippen molar-refractivity contribution in [3.8, 4) is 11.6 Å². The van der Waals surface area contributed by atoms with E-state index in [0.717, 1.165) is 6.08 Å². The number of nitrogens with one attached hydrogen (secondary N) is 1. The van der Waals surface area contributed by atoms with E-state index in [2.05, 4.69) is 43.0 Å². The van der Waals surface area contributed by atoms with Crippen LogP contribution >= 0.6 is 15.9 Å². The van der Waals surface area contributed by atoms with Crippen molar-refractivity contribution in [3.63, 3.8) is 0 Å². The highest BCUT2D eigenvalue weighted by Gasteiger charge is 2.60. The summed E-state index contributed by atoms with van der Waals surface area (Å²) in [5.41, 5.74) is -6.21. The summed E-state index contributed by atoms with van der Waals surface area (Å²) in [5.74, 6) is -1.77. The standard InChI is InChI=1S/C25H23BrF6N4O4/c1-5-11-23(25(30,31)32,38-13-14-9-7-6-8-10-14)20-36-35-19(39-20)17-16(33-21(37)40-22(2,3)4)12-15(18(26)34-17)24(27,28)29/h5-10,12H,1,11,13H2,2-4H3,(H,33,37)/t23-/m1/s1. The number of nitrogens with zero attached hydrogens (tertiary/aromatic N) is 3. The molecule has 0 bridgehead atoms. The summed E-state index contributed by atoms with van der Waals surface area (Å²) < 4.78 is 99.2. The number of rotatable bonds is 8. The van der Waals surface area contributed by atoms with Gasteiger partial charge in [0.15, 0.2) is 5.69 Å². The molecular weight excluding hydrogens is 614 g/mol. The van der Waals surface area contributed by atoms with Crippen LogP contribution in [0.4, 0.5) is 36.8 Å². The van der Waals surface area contributed by atoms with Crippen LogP contribution in [-0.4, -0.2) is 33.1 Å². The van der Waals surface area contributed by atoms with Gasteiger partial charge in [0.25, 0.3) is 11.8 Å². The predicted molar refractivity (Wildman–Crippen MR) is 134 cm³/mol. The molecule has 0 saturated heterocycles. The summed E-state index contributed by atoms with van der Waals surface area (Å²) in [4.78, 5) is 16.1. The van der Waals surface area contributed by atoms with Gasteiger partial charge in [0.05, 0.1) is 17.9 Å². The van der Waals surface area contributed by atoms with Crippen molar-refractivity contribution in [1.82, 2.24) is 15.2 Å². The minimum atomic E-state index is -5.09. The number of hydrogen-bond donors (Lipinski definition) is 1. The quantitative estimate of drug-likeness (QED) is 0.153. The fourth-order valence-corrected chi connectivity index (χ4v) is 3.87. The van der Waals surface area contributed by atoms with E-state index in [1.165, 1.54) is 20.8 Å². The summed E-state index contributed by atoms with van der Waals surface area (Å²) >= 11 is 2.70. The lowest BCUT2D eigenvalue weighted by Crippen LogP contribution is -2.45. The second-order valence-electron chi connectivity index (χ2n) is 9.35. The maximum absolute atomic E-state index is 14.5. The Morgan fingerprint density at radius 3 is 2.30 bits per heavy atom. The van der Waals surface area contributed by atoms with E-state index >= 15 is 0 Å². The third-order valence-electron chi connectivity index (χ3n) is 5.11. The SMILES string of the molecule is C=CC[C@@](OCc1ccccc1)(c1nnc(-c2nc(Br)c(C(F)(F)F)cc2NC(=O)OC(C)(C)C)o1)C(F)(F)F. The first kappa shape index (κ1) is 31.1. The molecule has 1 atom stereocenters. The van der Waals surface area contributed by atoms with E-state index in [9.17, 15) is 31.1 Å². The molecule has 8 nitrogen and oxygen atoms in total. The maximum atomic E-state index is 14.5. The highest BCUT2D eigenvalue weighted by Crippen LogP contribution is 2.46. The zero-order valence-electron chi connectivity index (χ0n) is 21.3. The van der Waals surface area contributed by atoms with Crippen LogP contribution in [0, 0.1) is 0 Å². The fourth-order valence-electron chi connectivity index (χ4n) is 3.35. The van der Waals surface area contributed by atoms with E-state index in [0.29, 0.717) is 11.6 Å². The Kier molecular flexibility index (Phi) is 8.99. The summed E-state index contributed by atoms with van der Waals surface area (Å²) in [5, 5.41) is 9.22. The van der Waals surface area contributed by atoms with Gasteiger partial charge in [0.2, 0.25) is 5.60 Å². The first-order valence-electron chi connectivity index (χ1n) is 11.4. The van der Waals surface area contributed by atoms with Gasteiger partial charge in [-0.05, 0) is 48.3 Å². The molecule has 216 valence electrons. The lowest BCUT2D eigenvalue weighted by molar-refractivity contribution is -0.295. The van der Waals surface area contributed by atoms with Gasteiger partial charge < -0.3 is 13.9 Å². The van der Waals surface area contributed by atoms with Crippen molar-refractivity contribution in [3.05, 3.63) is 70.7 Å². The van der Waals surface area contributed by atoms with Crippen LogP contribution in [-0.2, 0) is 27.9 Å². The second-order valence-corrected chi connectivity index (χ2v) is 10.1. The number of benzene rings is 1. The third kappa shape index (κ3) is 7.18. The monoisotopic (exact) mass is 636 g/mol. The topological polar surface area (TPSA) is 99.4 Å². The van der Waals surface area contributed by atoms with Crippen LogP contribution in [0.3, 0.4) is 0 Å². The van der Waals surface area contributed by atoms with Gasteiger partial charge >= 0.3 is 18.4 Å². The Balaban J connectivity index is 2.12. The summed E-state index contributed by atoms with van der Waals surface area (Å²) in [6, 6.07) is 8.50. The van der Waals surface area contributed by atoms with Gasteiger partial charge in [0.1, 0.15) is 10.2 Å². The van der Waals surface area contributed by atoms with Crippen molar-refractivity contribution >= 4 is 27.7 Å². The van der Waals surface area contributed by atoms with Gasteiger partial charge in [0, 0.05) is 6.42 Å². The van der Waals surface area contributed by atoms with Crippen LogP contribution in [0.5, 0.6) is 0 Å². The van der Waals surface area contributed by atoms with Crippen LogP contribution in [0.1, 0.15) is 44.2 Å². The first-order chi connectivity index (χ1) is 18.5. The minimum Gasteiger partial charge on any atom is -0.444 e. The normalized spacial score (nSPS) is 13.9. The molecule has 0 spiro atoms. The van der Waals surface area contributed by atoms with E-state index in [1.807, 2.05) is 0 Å². The van der Waals surface area contributed by atoms with E-state index in [1.54, 1.807) is 30.3 Å². The molecule has 0 aliphatic rings. The third-order valence-corrected chi connectivity index (χ3v) is 5.71. The summed E-state index contributed by atoms with van der Waals surface area (Å²) in [7, 11) is 0. The molecule has 2 heterocycles. The largest absolute Gasteiger partial charge is 0.444 e. The molecule has 40 heavy (non-hydrogen) atoms. The average molecular weight is 637 g/mol. The van der Waals surface area contributed by atoms with E-state index in [-0.39, 0.29) is 0 Å². The second kappa shape index (κ2) is 11.6. The fraction of sp³-hybridized carbons (Fsp3) is 0.360. The Bertz CT molecular complexity index is 1360. The van der Waals surface area contributed by atoms with Gasteiger partial charge in [-0.15, -0.1) is 16.8 Å². The number of ether oxygens (including phenoxy) is 2. The van der Waals surface area contributed by atoms with Crippen molar-refractivity contribution < 1.29 is 45.0 Å². The molecule has 1 amide bonds. The van der Waals surface area contributed by atoms with Crippen LogP contribution in [0.15, 0.2) is 58.1 Å². The van der Waals surface area contributed by atoms with E-state index in [4.69, 9.17) is 13.9 Å². The molecule has 15 heteroatoms. The number of anilines is 1. The molecule has 0 fully saturated rings. The number of carbonyl (C=O) groups excluding carboxylic acids is 1. The van der Waals surface area contributed by atoms with Crippen LogP contribution in [0.2, 0.25) is 0 Å². The number of pyridine rings is 1. The lowest BCUT2D eigenvalue weighted by Gasteiger charge is -2.31. The van der Waals surface area contributed by atoms with Gasteiger partial charge in [-0.3, -0.25) is 5.32 Å². The Hall–Kier alpha value is -3.46. The number of aromatic nitrogens is 3. The molecule has 0 saturated carbocycles. The van der Waals surface area contributed by atoms with Crippen molar-refractivity contribution in [2.75, 3.05) is 5.32 Å². The smallest absolute Gasteiger partial charge is 0.426 e. The average Bonchev–Trinajstić information content (AvgIpc) is 3.31. The predicted octanol–water partition coefficient (Wildman–Crippen LogP) is 7.81. The highest BCUT2D eigenvalue weighted by molar-refractivity contribution is 9.10. The molecule has 0 unspecified atom stereocenters. The molecule has 1 aromatic carbocycles. The Morgan fingerprint density at radius 1 is 1.10 bits per heavy atom. The van der Waals surface area contributed by atoms with Crippen LogP contribution in [0.25, 0.3) is 11.6 Å². The van der Waals surface area contributed by atoms with Crippen LogP contribution < -0.4 is 5.32 Å². The first-order valence-corrected chi connectivity index (χ1v) is 12.2. The highest BCUT2D eigenvalue weighted by atomic mass is 79.9. The molecule has 2 aromatic heterocycles. The number of amides is 1. The summed E-state index contributed by atoms with van der Waals surface area (Å²) in [6.07, 6.45) is -11.0. The molecule has 3 aromatic rings. The van der Waals surface area contributed by atoms with Gasteiger partial charge in [-0.25, -0.2) is 9.78 Å². The molecule has 0 aliphatic heterocycles. The zero-order valence-corrected chi connectivity index (χ0v) is 22.9. The number of carbonyl (C=O) groups is 1. The lowest BCUT2D eigenvalue weighted by atomic mass is 9.98. The Morgan fingerprint density at radius 2 is 1.75 bits per heavy atom. The number of alkyl halides is 6. The molecular formula is C25H23BrF6N4O4. The van der Waals surface area contributed by atoms with E-state index < -0.39 is 76.0 Å². The maximum Gasteiger partial charge on any atom is 0.426 e. The molecule has 0 radical (unpaired) electrons. The number of halogens is 7. The van der Waals surface area contributed by atoms with Crippen molar-refractivity contribution in [2.24, 2.45) is 0 Å². The molecule has 0 aliphatic carbocycles. The summed E-state index contributed by atoms with van der Waals surface area (Å²) in [6.45, 7) is 7.42. The zero-order chi connectivity index (χ0) is 29.9. The molecule has 3 rings (SSSR count). The van der Waals surface area contributed by atoms with Gasteiger partial charge in [-0.1, -0.05) is 36.4 Å². The van der Waals surface area contributed by atoms with Crippen molar-refractivity contribution in [1.29, 1.82) is 0 Å². The Labute approximate surface area is 232 Å². The minimum absolute atomic E-state index is 0.414. The molecule has 1 N–H and O–H groups in total.